The summed E-state index contributed by atoms with van der Waals surface area (Å²) < 4.78 is 17.4. The zero-order chi connectivity index (χ0) is 24.2. The fourth-order valence-corrected chi connectivity index (χ4v) is 4.11. The van der Waals surface area contributed by atoms with Gasteiger partial charge in [-0.3, -0.25) is 19.7 Å². The number of rotatable bonds is 9. The van der Waals surface area contributed by atoms with Gasteiger partial charge in [-0.15, -0.1) is 0 Å². The van der Waals surface area contributed by atoms with Crippen molar-refractivity contribution in [3.8, 4) is 17.2 Å². The average molecular weight is 468 g/mol. The van der Waals surface area contributed by atoms with Crippen molar-refractivity contribution in [1.29, 1.82) is 0 Å². The molecule has 1 unspecified atom stereocenters. The lowest BCUT2D eigenvalue weighted by molar-refractivity contribution is -0.136. The SMILES string of the molecule is COc1cc(COc2cccc3c2CN(C2CCC(=O)NC2=O)C3=O)ccc1OCCN(C)C. The molecule has 1 atom stereocenters. The summed E-state index contributed by atoms with van der Waals surface area (Å²) in [6.07, 6.45) is 0.542. The minimum absolute atomic E-state index is 0.219. The summed E-state index contributed by atoms with van der Waals surface area (Å²) in [6, 6.07) is 10.3. The van der Waals surface area contributed by atoms with Gasteiger partial charge in [-0.05, 0) is 50.3 Å². The molecule has 2 aliphatic rings. The lowest BCUT2D eigenvalue weighted by Crippen LogP contribution is -2.52. The third-order valence-electron chi connectivity index (χ3n) is 5.96. The van der Waals surface area contributed by atoms with Crippen LogP contribution in [0.15, 0.2) is 36.4 Å². The highest BCUT2D eigenvalue weighted by Gasteiger charge is 2.40. The second-order valence-corrected chi connectivity index (χ2v) is 8.61. The normalized spacial score (nSPS) is 17.6. The number of nitrogens with one attached hydrogen (secondary N) is 1. The maximum Gasteiger partial charge on any atom is 0.255 e. The Morgan fingerprint density at radius 1 is 1.06 bits per heavy atom. The van der Waals surface area contributed by atoms with Crippen LogP contribution in [0.3, 0.4) is 0 Å². The number of carbonyl (C=O) groups excluding carboxylic acids is 3. The smallest absolute Gasteiger partial charge is 0.255 e. The van der Waals surface area contributed by atoms with E-state index in [1.165, 1.54) is 4.90 Å². The van der Waals surface area contributed by atoms with E-state index in [1.807, 2.05) is 43.3 Å². The van der Waals surface area contributed by atoms with Gasteiger partial charge in [-0.2, -0.15) is 0 Å². The average Bonchev–Trinajstić information content (AvgIpc) is 3.15. The third-order valence-corrected chi connectivity index (χ3v) is 5.96. The zero-order valence-corrected chi connectivity index (χ0v) is 19.6. The van der Waals surface area contributed by atoms with E-state index in [0.717, 1.165) is 17.7 Å². The van der Waals surface area contributed by atoms with Crippen molar-refractivity contribution >= 4 is 17.7 Å². The first kappa shape index (κ1) is 23.6. The topological polar surface area (TPSA) is 97.4 Å². The van der Waals surface area contributed by atoms with Crippen LogP contribution in [0, 0.1) is 0 Å². The molecule has 0 bridgehead atoms. The molecule has 2 aliphatic heterocycles. The van der Waals surface area contributed by atoms with Crippen molar-refractivity contribution in [2.45, 2.75) is 32.0 Å². The number of carbonyl (C=O) groups is 3. The first-order chi connectivity index (χ1) is 16.4. The van der Waals surface area contributed by atoms with Crippen LogP contribution < -0.4 is 19.5 Å². The quantitative estimate of drug-likeness (QED) is 0.563. The Hall–Kier alpha value is -3.59. The van der Waals surface area contributed by atoms with Gasteiger partial charge in [-0.1, -0.05) is 12.1 Å². The maximum atomic E-state index is 13.0. The van der Waals surface area contributed by atoms with E-state index >= 15 is 0 Å². The molecular formula is C25H29N3O6. The van der Waals surface area contributed by atoms with Gasteiger partial charge in [0.05, 0.1) is 13.7 Å². The molecule has 4 rings (SSSR count). The van der Waals surface area contributed by atoms with Crippen LogP contribution >= 0.6 is 0 Å². The van der Waals surface area contributed by atoms with E-state index in [0.29, 0.717) is 35.8 Å². The summed E-state index contributed by atoms with van der Waals surface area (Å²) in [5.74, 6) is 0.914. The van der Waals surface area contributed by atoms with Crippen LogP contribution in [0.1, 0.15) is 34.3 Å². The molecule has 180 valence electrons. The van der Waals surface area contributed by atoms with Crippen molar-refractivity contribution in [2.75, 3.05) is 34.4 Å². The maximum absolute atomic E-state index is 13.0. The molecular weight excluding hydrogens is 438 g/mol. The van der Waals surface area contributed by atoms with E-state index in [9.17, 15) is 14.4 Å². The fraction of sp³-hybridized carbons (Fsp3) is 0.400. The van der Waals surface area contributed by atoms with E-state index in [4.69, 9.17) is 14.2 Å². The van der Waals surface area contributed by atoms with Crippen molar-refractivity contribution < 1.29 is 28.6 Å². The molecule has 1 fully saturated rings. The summed E-state index contributed by atoms with van der Waals surface area (Å²) in [6.45, 7) is 1.88. The van der Waals surface area contributed by atoms with Crippen molar-refractivity contribution in [1.82, 2.24) is 15.1 Å². The number of nitrogens with zero attached hydrogens (tertiary/aromatic N) is 2. The molecule has 34 heavy (non-hydrogen) atoms. The molecule has 2 heterocycles. The highest BCUT2D eigenvalue weighted by Crippen LogP contribution is 2.34. The molecule has 0 saturated carbocycles. The van der Waals surface area contributed by atoms with Gasteiger partial charge in [0.1, 0.15) is 25.0 Å². The summed E-state index contributed by atoms with van der Waals surface area (Å²) >= 11 is 0. The van der Waals surface area contributed by atoms with Gasteiger partial charge >= 0.3 is 0 Å². The zero-order valence-electron chi connectivity index (χ0n) is 19.6. The Bertz CT molecular complexity index is 1100. The molecule has 0 aliphatic carbocycles. The number of fused-ring (bicyclic) bond motifs is 1. The first-order valence-electron chi connectivity index (χ1n) is 11.2. The number of ether oxygens (including phenoxy) is 3. The number of likely N-dealkylation sites (N-methyl/N-ethyl adjacent to an activating group) is 1. The summed E-state index contributed by atoms with van der Waals surface area (Å²) in [5.41, 5.74) is 2.15. The van der Waals surface area contributed by atoms with E-state index < -0.39 is 11.9 Å². The predicted octanol–water partition coefficient (Wildman–Crippen LogP) is 1.98. The lowest BCUT2D eigenvalue weighted by atomic mass is 10.0. The third kappa shape index (κ3) is 4.99. The molecule has 3 amide bonds. The molecule has 0 aromatic heterocycles. The Balaban J connectivity index is 1.44. The summed E-state index contributed by atoms with van der Waals surface area (Å²) in [7, 11) is 5.57. The number of hydrogen-bond acceptors (Lipinski definition) is 7. The number of imide groups is 1. The van der Waals surface area contributed by atoms with Gasteiger partial charge in [0, 0.05) is 24.1 Å². The van der Waals surface area contributed by atoms with E-state index in [-0.39, 0.29) is 31.4 Å². The Labute approximate surface area is 198 Å². The van der Waals surface area contributed by atoms with Crippen LogP contribution in [-0.4, -0.2) is 67.9 Å². The minimum Gasteiger partial charge on any atom is -0.493 e. The first-order valence-corrected chi connectivity index (χ1v) is 11.2. The Morgan fingerprint density at radius 3 is 2.62 bits per heavy atom. The lowest BCUT2D eigenvalue weighted by Gasteiger charge is -2.29. The highest BCUT2D eigenvalue weighted by molar-refractivity contribution is 6.05. The number of amides is 3. The standard InChI is InChI=1S/C25H29N3O6/c1-27(2)11-12-33-21-9-7-16(13-22(21)32-3)15-34-20-6-4-5-17-18(20)14-28(25(17)31)19-8-10-23(29)26-24(19)30/h4-7,9,13,19H,8,10-12,14-15H2,1-3H3,(H,26,29,30). The second kappa shape index (κ2) is 10.1. The molecule has 2 aromatic rings. The molecule has 9 heteroatoms. The van der Waals surface area contributed by atoms with E-state index in [2.05, 4.69) is 5.32 Å². The Morgan fingerprint density at radius 2 is 1.88 bits per heavy atom. The minimum atomic E-state index is -0.658. The second-order valence-electron chi connectivity index (χ2n) is 8.61. The van der Waals surface area contributed by atoms with Gasteiger partial charge < -0.3 is 24.0 Å². The molecule has 1 saturated heterocycles. The number of piperidine rings is 1. The molecule has 2 aromatic carbocycles. The fourth-order valence-electron chi connectivity index (χ4n) is 4.11. The highest BCUT2D eigenvalue weighted by atomic mass is 16.5. The number of benzene rings is 2. The van der Waals surface area contributed by atoms with Gasteiger partial charge in [0.2, 0.25) is 11.8 Å². The van der Waals surface area contributed by atoms with Gasteiger partial charge in [-0.25, -0.2) is 0 Å². The molecule has 0 radical (unpaired) electrons. The van der Waals surface area contributed by atoms with Gasteiger partial charge in [0.15, 0.2) is 11.5 Å². The van der Waals surface area contributed by atoms with Crippen LogP contribution in [-0.2, 0) is 22.7 Å². The predicted molar refractivity (Wildman–Crippen MR) is 124 cm³/mol. The monoisotopic (exact) mass is 467 g/mol. The number of methoxy groups -OCH3 is 1. The summed E-state index contributed by atoms with van der Waals surface area (Å²) in [4.78, 5) is 40.3. The molecule has 0 spiro atoms. The van der Waals surface area contributed by atoms with Crippen LogP contribution in [0.4, 0.5) is 0 Å². The van der Waals surface area contributed by atoms with Crippen LogP contribution in [0.5, 0.6) is 17.2 Å². The van der Waals surface area contributed by atoms with Crippen molar-refractivity contribution in [3.63, 3.8) is 0 Å². The van der Waals surface area contributed by atoms with Crippen LogP contribution in [0.25, 0.3) is 0 Å². The Kier molecular flexibility index (Phi) is 7.02. The van der Waals surface area contributed by atoms with Crippen molar-refractivity contribution in [3.05, 3.63) is 53.1 Å². The van der Waals surface area contributed by atoms with E-state index in [1.54, 1.807) is 19.2 Å². The van der Waals surface area contributed by atoms with Crippen molar-refractivity contribution in [2.24, 2.45) is 0 Å². The molecule has 9 nitrogen and oxygen atoms in total. The molecule has 1 N–H and O–H groups in total. The number of hydrogen-bond donors (Lipinski definition) is 1. The van der Waals surface area contributed by atoms with Crippen LogP contribution in [0.2, 0.25) is 0 Å². The van der Waals surface area contributed by atoms with Gasteiger partial charge in [0.25, 0.3) is 5.91 Å². The largest absolute Gasteiger partial charge is 0.493 e. The summed E-state index contributed by atoms with van der Waals surface area (Å²) in [5, 5.41) is 2.32.